The minimum absolute atomic E-state index is 0.0862. The van der Waals surface area contributed by atoms with E-state index in [2.05, 4.69) is 0 Å². The molecule has 1 aliphatic heterocycles. The van der Waals surface area contributed by atoms with Crippen LogP contribution in [0.3, 0.4) is 0 Å². The number of nitrogen functional groups attached to an aromatic ring is 1. The molecule has 1 saturated heterocycles. The number of carbonyl (C=O) groups excluding carboxylic acids is 1. The summed E-state index contributed by atoms with van der Waals surface area (Å²) in [6.45, 7) is 3.78. The summed E-state index contributed by atoms with van der Waals surface area (Å²) in [5, 5.41) is 0. The predicted molar refractivity (Wildman–Crippen MR) is 80.8 cm³/mol. The highest BCUT2D eigenvalue weighted by Crippen LogP contribution is 2.20. The molecule has 1 heterocycles. The zero-order chi connectivity index (χ0) is 14.4. The number of hydrogen-bond acceptors (Lipinski definition) is 3. The molecule has 0 aliphatic carbocycles. The van der Waals surface area contributed by atoms with Gasteiger partial charge in [-0.3, -0.25) is 4.79 Å². The summed E-state index contributed by atoms with van der Waals surface area (Å²) in [4.78, 5) is 14.1. The maximum atomic E-state index is 12.2. The maximum absolute atomic E-state index is 12.2. The topological polar surface area (TPSA) is 55.6 Å². The second-order valence-corrected chi connectivity index (χ2v) is 5.46. The molecule has 110 valence electrons. The molecule has 1 aromatic rings. The summed E-state index contributed by atoms with van der Waals surface area (Å²) < 4.78 is 5.63. The summed E-state index contributed by atoms with van der Waals surface area (Å²) in [5.74, 6) is 0.822. The number of hydrogen-bond donors (Lipinski definition) is 1. The lowest BCUT2D eigenvalue weighted by Gasteiger charge is -2.24. The van der Waals surface area contributed by atoms with E-state index in [0.29, 0.717) is 5.69 Å². The third-order valence-electron chi connectivity index (χ3n) is 3.76. The van der Waals surface area contributed by atoms with Crippen LogP contribution >= 0.6 is 0 Å². The second-order valence-electron chi connectivity index (χ2n) is 5.46. The van der Waals surface area contributed by atoms with Crippen LogP contribution in [0.4, 0.5) is 5.69 Å². The van der Waals surface area contributed by atoms with Gasteiger partial charge in [0.2, 0.25) is 0 Å². The molecule has 20 heavy (non-hydrogen) atoms. The van der Waals surface area contributed by atoms with Crippen LogP contribution in [-0.4, -0.2) is 30.5 Å². The van der Waals surface area contributed by atoms with Gasteiger partial charge in [0.15, 0.2) is 6.61 Å². The standard InChI is InChI=1S/C16H24N2O2/c1-13-11-14(17)7-8-15(13)20-12-16(19)18-9-5-3-2-4-6-10-18/h7-8,11H,2-6,9-10,12,17H2,1H3. The van der Waals surface area contributed by atoms with Crippen LogP contribution in [0.2, 0.25) is 0 Å². The number of nitrogens with two attached hydrogens (primary N) is 1. The van der Waals surface area contributed by atoms with E-state index >= 15 is 0 Å². The monoisotopic (exact) mass is 276 g/mol. The molecular formula is C16H24N2O2. The van der Waals surface area contributed by atoms with E-state index in [1.807, 2.05) is 24.0 Å². The largest absolute Gasteiger partial charge is 0.483 e. The Hall–Kier alpha value is -1.71. The fraction of sp³-hybridized carbons (Fsp3) is 0.562. The average molecular weight is 276 g/mol. The number of anilines is 1. The predicted octanol–water partition coefficient (Wildman–Crippen LogP) is 2.75. The van der Waals surface area contributed by atoms with Crippen molar-refractivity contribution in [3.63, 3.8) is 0 Å². The molecule has 1 aliphatic rings. The van der Waals surface area contributed by atoms with E-state index in [-0.39, 0.29) is 12.5 Å². The third kappa shape index (κ3) is 4.15. The molecule has 0 unspecified atom stereocenters. The molecule has 1 amide bonds. The van der Waals surface area contributed by atoms with Gasteiger partial charge in [-0.1, -0.05) is 19.3 Å². The molecule has 2 N–H and O–H groups in total. The van der Waals surface area contributed by atoms with Gasteiger partial charge in [-0.15, -0.1) is 0 Å². The summed E-state index contributed by atoms with van der Waals surface area (Å²) >= 11 is 0. The van der Waals surface area contributed by atoms with Crippen molar-refractivity contribution in [3.8, 4) is 5.75 Å². The molecule has 1 fully saturated rings. The van der Waals surface area contributed by atoms with Gasteiger partial charge >= 0.3 is 0 Å². The molecule has 0 radical (unpaired) electrons. The Bertz CT molecular complexity index is 452. The molecular weight excluding hydrogens is 252 g/mol. The summed E-state index contributed by atoms with van der Waals surface area (Å²) in [5.41, 5.74) is 7.38. The van der Waals surface area contributed by atoms with E-state index in [1.54, 1.807) is 6.07 Å². The van der Waals surface area contributed by atoms with Crippen molar-refractivity contribution in [1.82, 2.24) is 4.90 Å². The van der Waals surface area contributed by atoms with Gasteiger partial charge in [-0.25, -0.2) is 0 Å². The molecule has 0 spiro atoms. The van der Waals surface area contributed by atoms with E-state index in [9.17, 15) is 4.79 Å². The van der Waals surface area contributed by atoms with Gasteiger partial charge in [0.25, 0.3) is 5.91 Å². The fourth-order valence-electron chi connectivity index (χ4n) is 2.56. The normalized spacial score (nSPS) is 16.4. The van der Waals surface area contributed by atoms with Crippen molar-refractivity contribution in [2.45, 2.75) is 39.0 Å². The Balaban J connectivity index is 1.87. The first kappa shape index (κ1) is 14.7. The Morgan fingerprint density at radius 1 is 1.20 bits per heavy atom. The number of carbonyl (C=O) groups is 1. The first-order valence-corrected chi connectivity index (χ1v) is 7.43. The molecule has 0 saturated carbocycles. The number of aryl methyl sites for hydroxylation is 1. The van der Waals surface area contributed by atoms with Crippen molar-refractivity contribution in [3.05, 3.63) is 23.8 Å². The van der Waals surface area contributed by atoms with Crippen molar-refractivity contribution >= 4 is 11.6 Å². The first-order chi connectivity index (χ1) is 9.66. The smallest absolute Gasteiger partial charge is 0.260 e. The minimum atomic E-state index is 0.0862. The number of ether oxygens (including phenoxy) is 1. The Morgan fingerprint density at radius 2 is 1.85 bits per heavy atom. The van der Waals surface area contributed by atoms with Crippen LogP contribution in [0, 0.1) is 6.92 Å². The molecule has 0 bridgehead atoms. The second kappa shape index (κ2) is 7.17. The molecule has 2 rings (SSSR count). The zero-order valence-electron chi connectivity index (χ0n) is 12.2. The number of benzene rings is 1. The summed E-state index contributed by atoms with van der Waals surface area (Å²) in [7, 11) is 0. The number of nitrogens with zero attached hydrogens (tertiary/aromatic N) is 1. The van der Waals surface area contributed by atoms with Crippen LogP contribution < -0.4 is 10.5 Å². The van der Waals surface area contributed by atoms with E-state index in [0.717, 1.165) is 37.2 Å². The fourth-order valence-corrected chi connectivity index (χ4v) is 2.56. The highest BCUT2D eigenvalue weighted by Gasteiger charge is 2.15. The van der Waals surface area contributed by atoms with Crippen LogP contribution in [-0.2, 0) is 4.79 Å². The van der Waals surface area contributed by atoms with Gasteiger partial charge in [-0.2, -0.15) is 0 Å². The Labute approximate surface area is 120 Å². The lowest BCUT2D eigenvalue weighted by Crippen LogP contribution is -2.37. The average Bonchev–Trinajstić information content (AvgIpc) is 2.37. The van der Waals surface area contributed by atoms with Crippen molar-refractivity contribution in [2.24, 2.45) is 0 Å². The number of rotatable bonds is 3. The van der Waals surface area contributed by atoms with Crippen LogP contribution in [0.15, 0.2) is 18.2 Å². The minimum Gasteiger partial charge on any atom is -0.483 e. The highest BCUT2D eigenvalue weighted by atomic mass is 16.5. The summed E-state index contributed by atoms with van der Waals surface area (Å²) in [6.07, 6.45) is 5.95. The van der Waals surface area contributed by atoms with Crippen molar-refractivity contribution < 1.29 is 9.53 Å². The Morgan fingerprint density at radius 3 is 2.50 bits per heavy atom. The van der Waals surface area contributed by atoms with Crippen molar-refractivity contribution in [2.75, 3.05) is 25.4 Å². The van der Waals surface area contributed by atoms with Crippen LogP contribution in [0.1, 0.15) is 37.7 Å². The molecule has 0 atom stereocenters. The van der Waals surface area contributed by atoms with Gasteiger partial charge in [-0.05, 0) is 43.5 Å². The molecule has 1 aromatic carbocycles. The zero-order valence-corrected chi connectivity index (χ0v) is 12.2. The number of amides is 1. The summed E-state index contributed by atoms with van der Waals surface area (Å²) in [6, 6.07) is 5.48. The van der Waals surface area contributed by atoms with E-state index in [4.69, 9.17) is 10.5 Å². The lowest BCUT2D eigenvalue weighted by atomic mass is 10.1. The molecule has 0 aromatic heterocycles. The molecule has 4 nitrogen and oxygen atoms in total. The SMILES string of the molecule is Cc1cc(N)ccc1OCC(=O)N1CCCCCCC1. The van der Waals surface area contributed by atoms with Gasteiger partial charge in [0.1, 0.15) is 5.75 Å². The van der Waals surface area contributed by atoms with Crippen LogP contribution in [0.25, 0.3) is 0 Å². The lowest BCUT2D eigenvalue weighted by molar-refractivity contribution is -0.133. The van der Waals surface area contributed by atoms with E-state index < -0.39 is 0 Å². The maximum Gasteiger partial charge on any atom is 0.260 e. The van der Waals surface area contributed by atoms with Crippen molar-refractivity contribution in [1.29, 1.82) is 0 Å². The Kier molecular flexibility index (Phi) is 5.27. The van der Waals surface area contributed by atoms with Crippen LogP contribution in [0.5, 0.6) is 5.75 Å². The first-order valence-electron chi connectivity index (χ1n) is 7.43. The van der Waals surface area contributed by atoms with Gasteiger partial charge < -0.3 is 15.4 Å². The third-order valence-corrected chi connectivity index (χ3v) is 3.76. The number of likely N-dealkylation sites (tertiary alicyclic amines) is 1. The quantitative estimate of drug-likeness (QED) is 0.864. The molecule has 4 heteroatoms. The van der Waals surface area contributed by atoms with Gasteiger partial charge in [0, 0.05) is 18.8 Å². The van der Waals surface area contributed by atoms with E-state index in [1.165, 1.54) is 19.3 Å². The van der Waals surface area contributed by atoms with Gasteiger partial charge in [0.05, 0.1) is 0 Å². The highest BCUT2D eigenvalue weighted by molar-refractivity contribution is 5.77.